The van der Waals surface area contributed by atoms with Gasteiger partial charge in [-0.05, 0) is 54.3 Å². The lowest BCUT2D eigenvalue weighted by Crippen LogP contribution is -2.30. The van der Waals surface area contributed by atoms with E-state index in [1.807, 2.05) is 53.4 Å². The fraction of sp³-hybridized carbons (Fsp3) is 0.370. The van der Waals surface area contributed by atoms with E-state index in [0.717, 1.165) is 40.6 Å². The van der Waals surface area contributed by atoms with Crippen LogP contribution in [0.4, 0.5) is 10.5 Å². The highest BCUT2D eigenvalue weighted by Gasteiger charge is 2.43. The number of carbonyl (C=O) groups is 3. The average molecular weight is 461 g/mol. The van der Waals surface area contributed by atoms with Gasteiger partial charge in [0.1, 0.15) is 0 Å². The van der Waals surface area contributed by atoms with Gasteiger partial charge in [-0.15, -0.1) is 0 Å². The Labute approximate surface area is 198 Å². The molecule has 170 valence electrons. The zero-order valence-corrected chi connectivity index (χ0v) is 19.7. The molecule has 2 aromatic carbocycles. The van der Waals surface area contributed by atoms with Crippen molar-refractivity contribution < 1.29 is 14.4 Å². The van der Waals surface area contributed by atoms with Gasteiger partial charge in [0.25, 0.3) is 17.1 Å². The quantitative estimate of drug-likeness (QED) is 0.506. The van der Waals surface area contributed by atoms with Crippen molar-refractivity contribution in [1.29, 1.82) is 0 Å². The van der Waals surface area contributed by atoms with Gasteiger partial charge in [-0.25, -0.2) is 0 Å². The number of imide groups is 1. The highest BCUT2D eigenvalue weighted by Crippen LogP contribution is 2.46. The van der Waals surface area contributed by atoms with E-state index >= 15 is 0 Å². The fourth-order valence-electron chi connectivity index (χ4n) is 5.19. The molecule has 1 saturated heterocycles. The molecule has 5 nitrogen and oxygen atoms in total. The monoisotopic (exact) mass is 460 g/mol. The summed E-state index contributed by atoms with van der Waals surface area (Å²) in [5, 5.41) is -0.306. The van der Waals surface area contributed by atoms with Crippen molar-refractivity contribution in [1.82, 2.24) is 4.90 Å². The Bertz CT molecular complexity index is 1140. The zero-order valence-electron chi connectivity index (χ0n) is 18.9. The van der Waals surface area contributed by atoms with E-state index in [1.165, 1.54) is 37.0 Å². The Morgan fingerprint density at radius 3 is 2.33 bits per heavy atom. The average Bonchev–Trinajstić information content (AvgIpc) is 3.29. The number of likely N-dealkylation sites (N-methyl/N-ethyl adjacent to an activating group) is 1. The normalized spacial score (nSPS) is 21.3. The summed E-state index contributed by atoms with van der Waals surface area (Å²) in [6, 6.07) is 16.0. The van der Waals surface area contributed by atoms with Crippen molar-refractivity contribution in [3.63, 3.8) is 0 Å². The molecule has 3 aliphatic rings. The summed E-state index contributed by atoms with van der Waals surface area (Å²) in [7, 11) is 0. The van der Waals surface area contributed by atoms with Crippen LogP contribution in [0.15, 0.2) is 53.4 Å². The summed E-state index contributed by atoms with van der Waals surface area (Å²) in [6.07, 6.45) is 7.27. The van der Waals surface area contributed by atoms with Crippen molar-refractivity contribution >= 4 is 40.1 Å². The molecular weight excluding hydrogens is 432 g/mol. The van der Waals surface area contributed by atoms with E-state index in [4.69, 9.17) is 0 Å². The second-order valence-corrected chi connectivity index (χ2v) is 9.93. The first kappa shape index (κ1) is 22.0. The minimum Gasteiger partial charge on any atom is -0.308 e. The van der Waals surface area contributed by atoms with Crippen LogP contribution in [-0.2, 0) is 9.59 Å². The number of carbonyl (C=O) groups excluding carboxylic acids is 3. The molecule has 1 saturated carbocycles. The van der Waals surface area contributed by atoms with E-state index in [0.29, 0.717) is 24.6 Å². The van der Waals surface area contributed by atoms with E-state index in [9.17, 15) is 14.4 Å². The molecule has 0 atom stereocenters. The van der Waals surface area contributed by atoms with Crippen molar-refractivity contribution in [2.45, 2.75) is 45.4 Å². The Morgan fingerprint density at radius 2 is 1.64 bits per heavy atom. The van der Waals surface area contributed by atoms with E-state index in [1.54, 1.807) is 6.92 Å². The Balaban J connectivity index is 1.56. The van der Waals surface area contributed by atoms with Gasteiger partial charge in [-0.1, -0.05) is 68.5 Å². The van der Waals surface area contributed by atoms with Gasteiger partial charge >= 0.3 is 0 Å². The molecule has 0 radical (unpaired) electrons. The van der Waals surface area contributed by atoms with Crippen LogP contribution in [0.25, 0.3) is 16.7 Å². The summed E-state index contributed by atoms with van der Waals surface area (Å²) < 4.78 is 0. The molecular formula is C27H28N2O3S. The lowest BCUT2D eigenvalue weighted by Gasteiger charge is -2.25. The summed E-state index contributed by atoms with van der Waals surface area (Å²) in [5.74, 6) is 0.128. The molecule has 0 aromatic heterocycles. The third-order valence-corrected chi connectivity index (χ3v) is 7.98. The first-order valence-corrected chi connectivity index (χ1v) is 12.7. The lowest BCUT2D eigenvalue weighted by molar-refractivity contribution is -0.123. The van der Waals surface area contributed by atoms with Crippen LogP contribution >= 0.6 is 11.8 Å². The number of benzene rings is 2. The van der Waals surface area contributed by atoms with Crippen LogP contribution in [-0.4, -0.2) is 35.0 Å². The Hall–Kier alpha value is -2.86. The number of anilines is 1. The van der Waals surface area contributed by atoms with E-state index in [-0.39, 0.29) is 22.0 Å². The van der Waals surface area contributed by atoms with Gasteiger partial charge in [-0.3, -0.25) is 19.3 Å². The van der Waals surface area contributed by atoms with Crippen molar-refractivity contribution in [2.24, 2.45) is 5.92 Å². The number of thioether (sulfide) groups is 1. The Morgan fingerprint density at radius 1 is 0.879 bits per heavy atom. The smallest absolute Gasteiger partial charge is 0.293 e. The molecule has 2 fully saturated rings. The number of fused-ring (bicyclic) bond motifs is 1. The van der Waals surface area contributed by atoms with Crippen LogP contribution < -0.4 is 4.90 Å². The lowest BCUT2D eigenvalue weighted by atomic mass is 9.87. The van der Waals surface area contributed by atoms with Gasteiger partial charge in [0.15, 0.2) is 0 Å². The first-order chi connectivity index (χ1) is 16.1. The predicted molar refractivity (Wildman–Crippen MR) is 133 cm³/mol. The Kier molecular flexibility index (Phi) is 6.11. The number of hydrogen-bond acceptors (Lipinski definition) is 4. The number of rotatable bonds is 5. The van der Waals surface area contributed by atoms with Crippen LogP contribution in [0, 0.1) is 5.92 Å². The molecule has 1 aliphatic carbocycles. The number of nitrogens with zero attached hydrogens (tertiary/aromatic N) is 2. The minimum atomic E-state index is -0.360. The SMILES string of the molecule is CCN1C(=O)S/C(=C2\C(=O)N(CCC3CCCCC3)c3ccc(-c4ccccc4)cc32)C1=O. The first-order valence-electron chi connectivity index (χ1n) is 11.9. The minimum absolute atomic E-state index is 0.160. The summed E-state index contributed by atoms with van der Waals surface area (Å²) in [6.45, 7) is 2.72. The highest BCUT2D eigenvalue weighted by molar-refractivity contribution is 8.18. The largest absolute Gasteiger partial charge is 0.308 e. The van der Waals surface area contributed by atoms with Crippen molar-refractivity contribution in [3.8, 4) is 11.1 Å². The molecule has 2 aliphatic heterocycles. The third-order valence-electron chi connectivity index (χ3n) is 7.00. The van der Waals surface area contributed by atoms with Gasteiger partial charge in [-0.2, -0.15) is 0 Å². The van der Waals surface area contributed by atoms with Crippen LogP contribution in [0.5, 0.6) is 0 Å². The molecule has 33 heavy (non-hydrogen) atoms. The maximum Gasteiger partial charge on any atom is 0.293 e. The molecule has 6 heteroatoms. The van der Waals surface area contributed by atoms with Gasteiger partial charge in [0.2, 0.25) is 0 Å². The van der Waals surface area contributed by atoms with E-state index in [2.05, 4.69) is 0 Å². The maximum atomic E-state index is 13.7. The molecule has 5 rings (SSSR count). The number of hydrogen-bond donors (Lipinski definition) is 0. The number of amides is 3. The zero-order chi connectivity index (χ0) is 22.9. The predicted octanol–water partition coefficient (Wildman–Crippen LogP) is 6.10. The molecule has 3 amide bonds. The topological polar surface area (TPSA) is 57.7 Å². The van der Waals surface area contributed by atoms with Gasteiger partial charge in [0.05, 0.1) is 16.2 Å². The van der Waals surface area contributed by atoms with Crippen molar-refractivity contribution in [2.75, 3.05) is 18.0 Å². The molecule has 0 spiro atoms. The molecule has 2 aromatic rings. The molecule has 0 N–H and O–H groups in total. The highest BCUT2D eigenvalue weighted by atomic mass is 32.2. The second-order valence-electron chi connectivity index (χ2n) is 8.97. The van der Waals surface area contributed by atoms with Crippen LogP contribution in [0.3, 0.4) is 0 Å². The molecule has 0 bridgehead atoms. The van der Waals surface area contributed by atoms with Gasteiger partial charge in [0, 0.05) is 18.7 Å². The van der Waals surface area contributed by atoms with Crippen LogP contribution in [0.1, 0.15) is 51.0 Å². The maximum absolute atomic E-state index is 13.7. The summed E-state index contributed by atoms with van der Waals surface area (Å²) in [5.41, 5.74) is 4.02. The van der Waals surface area contributed by atoms with E-state index < -0.39 is 0 Å². The summed E-state index contributed by atoms with van der Waals surface area (Å²) >= 11 is 0.890. The standard InChI is InChI=1S/C27H28N2O3S/c1-2-28-26(31)24(33-27(28)32)23-21-17-20(19-11-7-4-8-12-19)13-14-22(21)29(25(23)30)16-15-18-9-5-3-6-10-18/h4,7-8,11-14,17-18H,2-3,5-6,9-10,15-16H2,1H3/b24-23-. The second kappa shape index (κ2) is 9.18. The third kappa shape index (κ3) is 4.01. The van der Waals surface area contributed by atoms with Gasteiger partial charge < -0.3 is 4.90 Å². The summed E-state index contributed by atoms with van der Waals surface area (Å²) in [4.78, 5) is 42.4. The fourth-order valence-corrected chi connectivity index (χ4v) is 6.19. The van der Waals surface area contributed by atoms with Crippen molar-refractivity contribution in [3.05, 3.63) is 59.0 Å². The molecule has 2 heterocycles. The molecule has 0 unspecified atom stereocenters. The van der Waals surface area contributed by atoms with Crippen LogP contribution in [0.2, 0.25) is 0 Å².